The van der Waals surface area contributed by atoms with Crippen LogP contribution in [0.25, 0.3) is 0 Å². The number of likely N-dealkylation sites (tertiary alicyclic amines) is 1. The molecule has 1 rings (SSSR count). The molecule has 1 aliphatic rings. The number of nitrogens with zero attached hydrogens (tertiary/aromatic N) is 1. The second-order valence-electron chi connectivity index (χ2n) is 4.69. The molecule has 98 valence electrons. The third-order valence-corrected chi connectivity index (χ3v) is 3.12. The van der Waals surface area contributed by atoms with E-state index >= 15 is 0 Å². The van der Waals surface area contributed by atoms with E-state index in [0.717, 1.165) is 32.5 Å². The summed E-state index contributed by atoms with van der Waals surface area (Å²) in [4.78, 5) is 24.4. The molecule has 0 radical (unpaired) electrons. The summed E-state index contributed by atoms with van der Waals surface area (Å²) in [7, 11) is 0. The number of amides is 2. The molecule has 0 aromatic heterocycles. The van der Waals surface area contributed by atoms with Crippen LogP contribution in [0, 0.1) is 5.92 Å². The Kier molecular flexibility index (Phi) is 5.37. The monoisotopic (exact) mass is 242 g/mol. The lowest BCUT2D eigenvalue weighted by Gasteiger charge is -2.33. The largest absolute Gasteiger partial charge is 0.354 e. The van der Waals surface area contributed by atoms with E-state index in [4.69, 9.17) is 5.84 Å². The zero-order chi connectivity index (χ0) is 12.8. The molecule has 6 heteroatoms. The highest BCUT2D eigenvalue weighted by atomic mass is 16.2. The van der Waals surface area contributed by atoms with Gasteiger partial charge in [-0.3, -0.25) is 15.0 Å². The van der Waals surface area contributed by atoms with Crippen molar-refractivity contribution in [2.75, 3.05) is 19.6 Å². The first-order valence-corrected chi connectivity index (χ1v) is 6.03. The lowest BCUT2D eigenvalue weighted by molar-refractivity contribution is -0.125. The van der Waals surface area contributed by atoms with Crippen molar-refractivity contribution in [2.45, 2.75) is 32.7 Å². The smallest absolute Gasteiger partial charge is 0.237 e. The summed E-state index contributed by atoms with van der Waals surface area (Å²) in [5.74, 6) is 4.89. The molecule has 2 amide bonds. The van der Waals surface area contributed by atoms with E-state index in [1.807, 2.05) is 6.92 Å². The number of carbonyl (C=O) groups is 2. The maximum absolute atomic E-state index is 11.3. The molecule has 1 aliphatic heterocycles. The minimum atomic E-state index is -0.131. The van der Waals surface area contributed by atoms with Crippen molar-refractivity contribution in [3.05, 3.63) is 0 Å². The lowest BCUT2D eigenvalue weighted by atomic mass is 10.0. The van der Waals surface area contributed by atoms with Crippen molar-refractivity contribution in [1.29, 1.82) is 0 Å². The highest BCUT2D eigenvalue weighted by Gasteiger charge is 2.22. The number of nitrogens with one attached hydrogen (secondary N) is 2. The van der Waals surface area contributed by atoms with E-state index in [1.165, 1.54) is 0 Å². The molecular formula is C11H22N4O2. The van der Waals surface area contributed by atoms with E-state index in [2.05, 4.69) is 15.6 Å². The number of rotatable bonds is 4. The molecule has 6 nitrogen and oxygen atoms in total. The number of piperidine rings is 1. The molecule has 1 fully saturated rings. The fourth-order valence-electron chi connectivity index (χ4n) is 2.16. The Hall–Kier alpha value is -1.14. The van der Waals surface area contributed by atoms with E-state index in [1.54, 1.807) is 6.92 Å². The summed E-state index contributed by atoms with van der Waals surface area (Å²) in [6.45, 7) is 5.94. The van der Waals surface area contributed by atoms with Gasteiger partial charge in [0, 0.05) is 38.5 Å². The van der Waals surface area contributed by atoms with Gasteiger partial charge in [-0.2, -0.15) is 0 Å². The van der Waals surface area contributed by atoms with Gasteiger partial charge in [0.05, 0.1) is 0 Å². The average Bonchev–Trinajstić information content (AvgIpc) is 2.30. The van der Waals surface area contributed by atoms with Gasteiger partial charge in [-0.1, -0.05) is 6.92 Å². The number of hydrogen-bond donors (Lipinski definition) is 3. The molecule has 4 N–H and O–H groups in total. The second-order valence-corrected chi connectivity index (χ2v) is 4.69. The van der Waals surface area contributed by atoms with Crippen molar-refractivity contribution in [3.63, 3.8) is 0 Å². The molecule has 17 heavy (non-hydrogen) atoms. The maximum Gasteiger partial charge on any atom is 0.237 e. The highest BCUT2D eigenvalue weighted by molar-refractivity contribution is 5.77. The molecular weight excluding hydrogens is 220 g/mol. The molecule has 0 bridgehead atoms. The summed E-state index contributed by atoms with van der Waals surface area (Å²) < 4.78 is 0. The van der Waals surface area contributed by atoms with Crippen LogP contribution < -0.4 is 16.6 Å². The van der Waals surface area contributed by atoms with Crippen LogP contribution in [0.4, 0.5) is 0 Å². The Labute approximate surface area is 102 Å². The average molecular weight is 242 g/mol. The van der Waals surface area contributed by atoms with Crippen molar-refractivity contribution >= 4 is 11.8 Å². The van der Waals surface area contributed by atoms with Crippen molar-refractivity contribution in [1.82, 2.24) is 15.6 Å². The van der Waals surface area contributed by atoms with Crippen LogP contribution in [-0.4, -0.2) is 42.4 Å². The van der Waals surface area contributed by atoms with Crippen molar-refractivity contribution < 1.29 is 9.59 Å². The van der Waals surface area contributed by atoms with Gasteiger partial charge in [-0.25, -0.2) is 5.84 Å². The third-order valence-electron chi connectivity index (χ3n) is 3.12. The zero-order valence-electron chi connectivity index (χ0n) is 10.5. The van der Waals surface area contributed by atoms with Crippen LogP contribution in [0.3, 0.4) is 0 Å². The molecule has 1 heterocycles. The van der Waals surface area contributed by atoms with Crippen LogP contribution in [0.2, 0.25) is 0 Å². The summed E-state index contributed by atoms with van der Waals surface area (Å²) in [5.41, 5.74) is 2.17. The molecule has 0 spiro atoms. The van der Waals surface area contributed by atoms with Gasteiger partial charge in [0.1, 0.15) is 0 Å². The normalized spacial score (nSPS) is 19.7. The summed E-state index contributed by atoms with van der Waals surface area (Å²) in [5, 5.41) is 2.92. The fraction of sp³-hybridized carbons (Fsp3) is 0.818. The standard InChI is InChI=1S/C11H22N4O2/c1-8(11(17)14-12)7-15-5-3-10(4-6-15)13-9(2)16/h8,10H,3-7,12H2,1-2H3,(H,13,16)(H,14,17). The molecule has 0 aromatic carbocycles. The van der Waals surface area contributed by atoms with Crippen LogP contribution in [-0.2, 0) is 9.59 Å². The molecule has 1 atom stereocenters. The summed E-state index contributed by atoms with van der Waals surface area (Å²) >= 11 is 0. The van der Waals surface area contributed by atoms with Gasteiger partial charge in [0.15, 0.2) is 0 Å². The Morgan fingerprint density at radius 3 is 2.47 bits per heavy atom. The van der Waals surface area contributed by atoms with Crippen molar-refractivity contribution in [3.8, 4) is 0 Å². The fourth-order valence-corrected chi connectivity index (χ4v) is 2.16. The van der Waals surface area contributed by atoms with Gasteiger partial charge >= 0.3 is 0 Å². The Bertz CT molecular complexity index is 275. The predicted molar refractivity (Wildman–Crippen MR) is 64.8 cm³/mol. The molecule has 1 unspecified atom stereocenters. The van der Waals surface area contributed by atoms with E-state index in [9.17, 15) is 9.59 Å². The molecule has 1 saturated heterocycles. The van der Waals surface area contributed by atoms with Gasteiger partial charge in [0.2, 0.25) is 11.8 Å². The predicted octanol–water partition coefficient (Wildman–Crippen LogP) is -0.787. The number of nitrogens with two attached hydrogens (primary N) is 1. The van der Waals surface area contributed by atoms with E-state index < -0.39 is 0 Å². The first-order valence-electron chi connectivity index (χ1n) is 6.03. The van der Waals surface area contributed by atoms with Crippen LogP contribution >= 0.6 is 0 Å². The van der Waals surface area contributed by atoms with E-state index in [0.29, 0.717) is 0 Å². The van der Waals surface area contributed by atoms with E-state index in [-0.39, 0.29) is 23.8 Å². The highest BCUT2D eigenvalue weighted by Crippen LogP contribution is 2.12. The van der Waals surface area contributed by atoms with Crippen LogP contribution in [0.1, 0.15) is 26.7 Å². The minimum absolute atomic E-state index is 0.0272. The van der Waals surface area contributed by atoms with Crippen molar-refractivity contribution in [2.24, 2.45) is 11.8 Å². The van der Waals surface area contributed by atoms with Gasteiger partial charge in [-0.15, -0.1) is 0 Å². The number of hydrogen-bond acceptors (Lipinski definition) is 4. The first-order chi connectivity index (χ1) is 8.02. The quantitative estimate of drug-likeness (QED) is 0.342. The minimum Gasteiger partial charge on any atom is -0.354 e. The van der Waals surface area contributed by atoms with Crippen LogP contribution in [0.15, 0.2) is 0 Å². The Morgan fingerprint density at radius 1 is 1.41 bits per heavy atom. The van der Waals surface area contributed by atoms with Gasteiger partial charge in [0.25, 0.3) is 0 Å². The molecule has 0 saturated carbocycles. The Balaban J connectivity index is 2.27. The zero-order valence-corrected chi connectivity index (χ0v) is 10.5. The van der Waals surface area contributed by atoms with Crippen LogP contribution in [0.5, 0.6) is 0 Å². The van der Waals surface area contributed by atoms with Gasteiger partial charge in [-0.05, 0) is 12.8 Å². The number of hydrazine groups is 1. The third kappa shape index (κ3) is 4.70. The second kappa shape index (κ2) is 6.56. The SMILES string of the molecule is CC(=O)NC1CCN(CC(C)C(=O)NN)CC1. The molecule has 0 aromatic rings. The Morgan fingerprint density at radius 2 is 2.00 bits per heavy atom. The maximum atomic E-state index is 11.3. The lowest BCUT2D eigenvalue weighted by Crippen LogP contribution is -2.47. The summed E-state index contributed by atoms with van der Waals surface area (Å²) in [6, 6.07) is 0.280. The first kappa shape index (κ1) is 13.9. The molecule has 0 aliphatic carbocycles. The number of carbonyl (C=O) groups excluding carboxylic acids is 2. The van der Waals surface area contributed by atoms with Gasteiger partial charge < -0.3 is 10.2 Å². The summed E-state index contributed by atoms with van der Waals surface area (Å²) in [6.07, 6.45) is 1.88. The topological polar surface area (TPSA) is 87.5 Å².